The van der Waals surface area contributed by atoms with E-state index in [1.165, 1.54) is 13.8 Å². The highest BCUT2D eigenvalue weighted by atomic mass is 16.8. The van der Waals surface area contributed by atoms with Gasteiger partial charge in [0.1, 0.15) is 0 Å². The van der Waals surface area contributed by atoms with Gasteiger partial charge in [-0.2, -0.15) is 0 Å². The molecular formula is C8H15N3O6. The molecule has 9 nitrogen and oxygen atoms in total. The van der Waals surface area contributed by atoms with Crippen LogP contribution in [0.5, 0.6) is 0 Å². The largest absolute Gasteiger partial charge is 0.569 e. The Kier molecular flexibility index (Phi) is 6.37. The molecule has 0 fully saturated rings. The van der Waals surface area contributed by atoms with Crippen molar-refractivity contribution in [1.29, 1.82) is 0 Å². The molecule has 0 radical (unpaired) electrons. The fourth-order valence-electron chi connectivity index (χ4n) is 0.863. The highest BCUT2D eigenvalue weighted by Gasteiger charge is 2.16. The van der Waals surface area contributed by atoms with Gasteiger partial charge in [0.2, 0.25) is 5.28 Å². The number of hydrogen-bond donors (Lipinski definition) is 1. The summed E-state index contributed by atoms with van der Waals surface area (Å²) in [6.45, 7) is 3.77. The van der Waals surface area contributed by atoms with Gasteiger partial charge in [0.05, 0.1) is 11.5 Å². The summed E-state index contributed by atoms with van der Waals surface area (Å²) in [4.78, 5) is 25.4. The van der Waals surface area contributed by atoms with Crippen molar-refractivity contribution in [2.75, 3.05) is 13.1 Å². The van der Waals surface area contributed by atoms with Gasteiger partial charge in [-0.25, -0.2) is 0 Å². The Morgan fingerprint density at radius 2 is 2.18 bits per heavy atom. The van der Waals surface area contributed by atoms with Crippen LogP contribution in [0.2, 0.25) is 0 Å². The summed E-state index contributed by atoms with van der Waals surface area (Å²) >= 11 is 0. The van der Waals surface area contributed by atoms with Crippen molar-refractivity contribution in [3.8, 4) is 0 Å². The van der Waals surface area contributed by atoms with Crippen LogP contribution in [-0.4, -0.2) is 46.4 Å². The van der Waals surface area contributed by atoms with Crippen LogP contribution < -0.4 is 0 Å². The molecule has 9 heteroatoms. The number of nitrogens with zero attached hydrogens (tertiary/aromatic N) is 3. The third-order valence-electron chi connectivity index (χ3n) is 1.52. The SMILES string of the molecule is CCN(CC(=O)O)/[N+]([O-])=N/OC(C)OC(C)=O. The second-order valence-corrected chi connectivity index (χ2v) is 2.99. The Balaban J connectivity index is 4.30. The van der Waals surface area contributed by atoms with Crippen LogP contribution >= 0.6 is 0 Å². The molecule has 0 aliphatic heterocycles. The first-order chi connectivity index (χ1) is 7.86. The van der Waals surface area contributed by atoms with E-state index in [1.807, 2.05) is 0 Å². The highest BCUT2D eigenvalue weighted by Crippen LogP contribution is 1.97. The molecule has 0 aliphatic rings. The van der Waals surface area contributed by atoms with Crippen molar-refractivity contribution in [2.24, 2.45) is 5.28 Å². The first-order valence-electron chi connectivity index (χ1n) is 4.84. The zero-order chi connectivity index (χ0) is 13.4. The molecule has 0 aromatic heterocycles. The Morgan fingerprint density at radius 1 is 1.59 bits per heavy atom. The Bertz CT molecular complexity index is 306. The molecule has 0 bridgehead atoms. The molecule has 1 atom stereocenters. The minimum absolute atomic E-state index is 0.00584. The van der Waals surface area contributed by atoms with Crippen molar-refractivity contribution in [3.05, 3.63) is 5.21 Å². The molecule has 17 heavy (non-hydrogen) atoms. The van der Waals surface area contributed by atoms with E-state index in [1.54, 1.807) is 6.92 Å². The van der Waals surface area contributed by atoms with Crippen LogP contribution in [0.1, 0.15) is 20.8 Å². The van der Waals surface area contributed by atoms with Gasteiger partial charge in [0, 0.05) is 13.8 Å². The van der Waals surface area contributed by atoms with Gasteiger partial charge in [-0.15, -0.1) is 5.01 Å². The van der Waals surface area contributed by atoms with Crippen LogP contribution in [0.15, 0.2) is 5.28 Å². The minimum atomic E-state index is -1.17. The minimum Gasteiger partial charge on any atom is -0.569 e. The van der Waals surface area contributed by atoms with Crippen LogP contribution in [0.4, 0.5) is 0 Å². The quantitative estimate of drug-likeness (QED) is 0.224. The smallest absolute Gasteiger partial charge is 0.329 e. The molecular weight excluding hydrogens is 234 g/mol. The number of carbonyl (C=O) groups excluding carboxylic acids is 1. The van der Waals surface area contributed by atoms with Crippen LogP contribution in [-0.2, 0) is 19.2 Å². The molecule has 1 unspecified atom stereocenters. The molecule has 0 aromatic carbocycles. The van der Waals surface area contributed by atoms with Crippen molar-refractivity contribution in [3.63, 3.8) is 0 Å². The van der Waals surface area contributed by atoms with Crippen LogP contribution in [0.25, 0.3) is 0 Å². The van der Waals surface area contributed by atoms with Crippen molar-refractivity contribution in [2.45, 2.75) is 27.1 Å². The molecule has 0 aromatic rings. The number of hydrogen-bond acceptors (Lipinski definition) is 6. The van der Waals surface area contributed by atoms with E-state index in [9.17, 15) is 14.8 Å². The van der Waals surface area contributed by atoms with Crippen LogP contribution in [0, 0.1) is 5.21 Å². The standard InChI is InChI=1S/C8H15N3O6/c1-4-10(5-8(13)14)11(15)9-17-7(3)16-6(2)12/h7H,4-5H2,1-3H3,(H,13,14)/b11-9-. The lowest BCUT2D eigenvalue weighted by atomic mass is 10.6. The van der Waals surface area contributed by atoms with Gasteiger partial charge < -0.3 is 15.1 Å². The van der Waals surface area contributed by atoms with Gasteiger partial charge in [0.15, 0.2) is 6.54 Å². The first-order valence-corrected chi connectivity index (χ1v) is 4.84. The number of carboxylic acids is 1. The number of ether oxygens (including phenoxy) is 1. The normalized spacial score (nSPS) is 12.8. The summed E-state index contributed by atoms with van der Waals surface area (Å²) in [6, 6.07) is 0. The maximum atomic E-state index is 11.2. The molecule has 0 aliphatic carbocycles. The molecule has 0 saturated carbocycles. The van der Waals surface area contributed by atoms with Crippen LogP contribution in [0.3, 0.4) is 0 Å². The zero-order valence-corrected chi connectivity index (χ0v) is 9.82. The van der Waals surface area contributed by atoms with E-state index < -0.39 is 24.8 Å². The Hall–Kier alpha value is -2.06. The fraction of sp³-hybridized carbons (Fsp3) is 0.750. The molecule has 0 rings (SSSR count). The second kappa shape index (κ2) is 7.25. The predicted molar refractivity (Wildman–Crippen MR) is 53.3 cm³/mol. The molecule has 0 amide bonds. The maximum absolute atomic E-state index is 11.2. The molecule has 98 valence electrons. The lowest BCUT2D eigenvalue weighted by molar-refractivity contribution is -0.710. The summed E-state index contributed by atoms with van der Waals surface area (Å²) in [5.41, 5.74) is 0. The summed E-state index contributed by atoms with van der Waals surface area (Å²) in [5.74, 6) is -1.75. The molecule has 0 saturated heterocycles. The highest BCUT2D eigenvalue weighted by molar-refractivity contribution is 5.68. The number of hydrazine groups is 1. The van der Waals surface area contributed by atoms with Crippen molar-refractivity contribution >= 4 is 11.9 Å². The zero-order valence-electron chi connectivity index (χ0n) is 9.82. The predicted octanol–water partition coefficient (Wildman–Crippen LogP) is 0.111. The summed E-state index contributed by atoms with van der Waals surface area (Å²) in [6.07, 6.45) is -1.02. The average molecular weight is 249 g/mol. The topological polar surface area (TPSA) is 114 Å². The van der Waals surface area contributed by atoms with Gasteiger partial charge in [0.25, 0.3) is 6.29 Å². The lowest BCUT2D eigenvalue weighted by Crippen LogP contribution is -2.35. The summed E-state index contributed by atoms with van der Waals surface area (Å²) < 4.78 is 4.54. The molecule has 1 N–H and O–H groups in total. The van der Waals surface area contributed by atoms with Crippen molar-refractivity contribution < 1.29 is 29.2 Å². The number of carboxylic acid groups (broad SMARTS) is 1. The van der Waals surface area contributed by atoms with E-state index in [2.05, 4.69) is 14.9 Å². The van der Waals surface area contributed by atoms with Crippen molar-refractivity contribution in [1.82, 2.24) is 5.01 Å². The third kappa shape index (κ3) is 6.93. The Labute approximate surface area is 97.7 Å². The summed E-state index contributed by atoms with van der Waals surface area (Å²) in [7, 11) is 0. The van der Waals surface area contributed by atoms with E-state index in [4.69, 9.17) is 5.11 Å². The molecule has 0 spiro atoms. The number of likely N-dealkylation sites (N-methyl/N-ethyl adjacent to an activating group) is 1. The number of esters is 1. The number of rotatable bonds is 7. The summed E-state index contributed by atoms with van der Waals surface area (Å²) in [5, 5.41) is 23.7. The second-order valence-electron chi connectivity index (χ2n) is 2.99. The third-order valence-corrected chi connectivity index (χ3v) is 1.52. The van der Waals surface area contributed by atoms with Gasteiger partial charge >= 0.3 is 11.9 Å². The Morgan fingerprint density at radius 3 is 2.59 bits per heavy atom. The van der Waals surface area contributed by atoms with E-state index in [-0.39, 0.29) is 11.5 Å². The van der Waals surface area contributed by atoms with Gasteiger partial charge in [-0.1, -0.05) is 0 Å². The van der Waals surface area contributed by atoms with E-state index >= 15 is 0 Å². The van der Waals surface area contributed by atoms with E-state index in [0.717, 1.165) is 5.01 Å². The van der Waals surface area contributed by atoms with Gasteiger partial charge in [-0.05, 0) is 6.92 Å². The first kappa shape index (κ1) is 14.9. The van der Waals surface area contributed by atoms with E-state index in [0.29, 0.717) is 0 Å². The number of aliphatic carboxylic acids is 1. The monoisotopic (exact) mass is 249 g/mol. The average Bonchev–Trinajstić information content (AvgIpc) is 2.21. The van der Waals surface area contributed by atoms with Gasteiger partial charge in [-0.3, -0.25) is 14.4 Å². The maximum Gasteiger partial charge on any atom is 0.329 e. The molecule has 0 heterocycles. The number of carbonyl (C=O) groups is 2. The fourth-order valence-corrected chi connectivity index (χ4v) is 0.863. The lowest BCUT2D eigenvalue weighted by Gasteiger charge is -2.14.